The number of nitrogens with two attached hydrogens (primary N) is 1. The van der Waals surface area contributed by atoms with Crippen LogP contribution >= 0.6 is 11.8 Å². The summed E-state index contributed by atoms with van der Waals surface area (Å²) in [7, 11) is 0. The average molecular weight is 269 g/mol. The minimum atomic E-state index is -0.408. The highest BCUT2D eigenvalue weighted by atomic mass is 32.2. The van der Waals surface area contributed by atoms with Gasteiger partial charge in [-0.15, -0.1) is 0 Å². The lowest BCUT2D eigenvalue weighted by molar-refractivity contribution is -0.113. The first kappa shape index (κ1) is 13.4. The molecule has 0 bridgehead atoms. The molecule has 0 aliphatic carbocycles. The van der Waals surface area contributed by atoms with E-state index in [-0.39, 0.29) is 0 Å². The van der Waals surface area contributed by atoms with Crippen LogP contribution in [0.5, 0.6) is 0 Å². The topological polar surface area (TPSA) is 43.1 Å². The first-order chi connectivity index (χ1) is 9.15. The van der Waals surface area contributed by atoms with Gasteiger partial charge in [0.05, 0.1) is 4.91 Å². The summed E-state index contributed by atoms with van der Waals surface area (Å²) in [6.45, 7) is 2.03. The molecule has 0 heterocycles. The Hall–Kier alpha value is -2.00. The van der Waals surface area contributed by atoms with Crippen LogP contribution in [0.4, 0.5) is 0 Å². The predicted octanol–water partition coefficient (Wildman–Crippen LogP) is 3.61. The van der Waals surface area contributed by atoms with Crippen molar-refractivity contribution in [3.8, 4) is 0 Å². The quantitative estimate of drug-likeness (QED) is 0.680. The maximum absolute atomic E-state index is 11.5. The number of rotatable bonds is 4. The number of benzene rings is 2. The van der Waals surface area contributed by atoms with Crippen molar-refractivity contribution >= 4 is 23.7 Å². The van der Waals surface area contributed by atoms with Crippen LogP contribution in [0.15, 0.2) is 64.4 Å². The van der Waals surface area contributed by atoms with Gasteiger partial charge in [-0.3, -0.25) is 4.79 Å². The first-order valence-electron chi connectivity index (χ1n) is 5.96. The van der Waals surface area contributed by atoms with E-state index in [9.17, 15) is 4.79 Å². The van der Waals surface area contributed by atoms with Gasteiger partial charge in [0.2, 0.25) is 0 Å². The number of hydrogen-bond acceptors (Lipinski definition) is 2. The fraction of sp³-hybridized carbons (Fsp3) is 0.0625. The van der Waals surface area contributed by atoms with Crippen molar-refractivity contribution in [3.63, 3.8) is 0 Å². The van der Waals surface area contributed by atoms with Crippen LogP contribution in [0.1, 0.15) is 11.1 Å². The summed E-state index contributed by atoms with van der Waals surface area (Å²) in [4.78, 5) is 13.1. The van der Waals surface area contributed by atoms with Crippen molar-refractivity contribution < 1.29 is 4.79 Å². The third kappa shape index (κ3) is 4.00. The van der Waals surface area contributed by atoms with E-state index in [1.54, 1.807) is 0 Å². The maximum Gasteiger partial charge on any atom is 0.255 e. The van der Waals surface area contributed by atoms with Gasteiger partial charge in [-0.05, 0) is 30.7 Å². The van der Waals surface area contributed by atoms with Crippen molar-refractivity contribution in [1.29, 1.82) is 0 Å². The zero-order valence-corrected chi connectivity index (χ0v) is 11.5. The molecule has 0 aromatic heterocycles. The standard InChI is InChI=1S/C16H15NOS/c1-12-7-9-14(10-8-12)19-15(16(17)18)11-13-5-3-2-4-6-13/h2-11H,1H3,(H2,17,18)/b15-11+. The van der Waals surface area contributed by atoms with E-state index in [1.807, 2.05) is 67.6 Å². The second-order valence-electron chi connectivity index (χ2n) is 4.20. The Morgan fingerprint density at radius 3 is 2.26 bits per heavy atom. The number of hydrogen-bond donors (Lipinski definition) is 1. The van der Waals surface area contributed by atoms with Crippen molar-refractivity contribution in [2.75, 3.05) is 0 Å². The van der Waals surface area contributed by atoms with Gasteiger partial charge in [0.25, 0.3) is 5.91 Å². The van der Waals surface area contributed by atoms with Crippen molar-refractivity contribution in [2.24, 2.45) is 5.73 Å². The second kappa shape index (κ2) is 6.25. The number of aryl methyl sites for hydroxylation is 1. The fourth-order valence-corrected chi connectivity index (χ4v) is 2.41. The molecule has 0 spiro atoms. The zero-order chi connectivity index (χ0) is 13.7. The Morgan fingerprint density at radius 1 is 1.05 bits per heavy atom. The number of carbonyl (C=O) groups excluding carboxylic acids is 1. The third-order valence-corrected chi connectivity index (χ3v) is 3.64. The minimum Gasteiger partial charge on any atom is -0.365 e. The molecule has 3 heteroatoms. The summed E-state index contributed by atoms with van der Waals surface area (Å²) in [5.74, 6) is -0.408. The van der Waals surface area contributed by atoms with E-state index >= 15 is 0 Å². The van der Waals surface area contributed by atoms with E-state index < -0.39 is 5.91 Å². The van der Waals surface area contributed by atoms with Gasteiger partial charge >= 0.3 is 0 Å². The van der Waals surface area contributed by atoms with Crippen LogP contribution < -0.4 is 5.73 Å². The zero-order valence-electron chi connectivity index (χ0n) is 10.7. The van der Waals surface area contributed by atoms with E-state index in [0.29, 0.717) is 4.91 Å². The normalized spacial score (nSPS) is 11.3. The molecule has 2 rings (SSSR count). The van der Waals surface area contributed by atoms with Gasteiger partial charge in [0.1, 0.15) is 0 Å². The Kier molecular flexibility index (Phi) is 4.42. The number of thioether (sulfide) groups is 1. The Morgan fingerprint density at radius 2 is 1.68 bits per heavy atom. The molecule has 19 heavy (non-hydrogen) atoms. The molecular formula is C16H15NOS. The summed E-state index contributed by atoms with van der Waals surface area (Å²) in [6, 6.07) is 17.7. The first-order valence-corrected chi connectivity index (χ1v) is 6.78. The van der Waals surface area contributed by atoms with Crippen molar-refractivity contribution in [2.45, 2.75) is 11.8 Å². The van der Waals surface area contributed by atoms with Crippen LogP contribution in [0.25, 0.3) is 6.08 Å². The predicted molar refractivity (Wildman–Crippen MR) is 80.6 cm³/mol. The molecule has 0 saturated carbocycles. The summed E-state index contributed by atoms with van der Waals surface area (Å²) in [6.07, 6.45) is 1.81. The molecule has 0 radical (unpaired) electrons. The van der Waals surface area contributed by atoms with Crippen LogP contribution in [0.2, 0.25) is 0 Å². The highest BCUT2D eigenvalue weighted by molar-refractivity contribution is 8.04. The van der Waals surface area contributed by atoms with Gasteiger partial charge in [0, 0.05) is 4.90 Å². The second-order valence-corrected chi connectivity index (χ2v) is 5.31. The molecule has 0 unspecified atom stereocenters. The van der Waals surface area contributed by atoms with Crippen LogP contribution in [0.3, 0.4) is 0 Å². The fourth-order valence-electron chi connectivity index (χ4n) is 1.58. The summed E-state index contributed by atoms with van der Waals surface area (Å²) < 4.78 is 0. The van der Waals surface area contributed by atoms with Gasteiger partial charge in [-0.25, -0.2) is 0 Å². The average Bonchev–Trinajstić information content (AvgIpc) is 2.41. The lowest BCUT2D eigenvalue weighted by Gasteiger charge is -2.04. The lowest BCUT2D eigenvalue weighted by atomic mass is 10.2. The molecular weight excluding hydrogens is 254 g/mol. The third-order valence-electron chi connectivity index (χ3n) is 2.59. The molecule has 0 saturated heterocycles. The number of carbonyl (C=O) groups is 1. The summed E-state index contributed by atoms with van der Waals surface area (Å²) in [5.41, 5.74) is 7.59. The SMILES string of the molecule is Cc1ccc(S/C(=C/c2ccccc2)C(N)=O)cc1. The van der Waals surface area contributed by atoms with Crippen LogP contribution in [0, 0.1) is 6.92 Å². The lowest BCUT2D eigenvalue weighted by Crippen LogP contribution is -2.11. The smallest absolute Gasteiger partial charge is 0.255 e. The van der Waals surface area contributed by atoms with Crippen molar-refractivity contribution in [1.82, 2.24) is 0 Å². The molecule has 2 N–H and O–H groups in total. The number of amides is 1. The van der Waals surface area contributed by atoms with E-state index in [1.165, 1.54) is 17.3 Å². The molecule has 0 aliphatic rings. The summed E-state index contributed by atoms with van der Waals surface area (Å²) in [5, 5.41) is 0. The van der Waals surface area contributed by atoms with Crippen LogP contribution in [-0.2, 0) is 4.79 Å². The Balaban J connectivity index is 2.24. The molecule has 2 nitrogen and oxygen atoms in total. The Bertz CT molecular complexity index is 588. The molecule has 0 aliphatic heterocycles. The van der Waals surface area contributed by atoms with Gasteiger partial charge in [-0.1, -0.05) is 59.8 Å². The van der Waals surface area contributed by atoms with Gasteiger partial charge in [0.15, 0.2) is 0 Å². The van der Waals surface area contributed by atoms with Gasteiger partial charge in [-0.2, -0.15) is 0 Å². The Labute approximate surface area is 117 Å². The molecule has 2 aromatic carbocycles. The van der Waals surface area contributed by atoms with E-state index in [0.717, 1.165) is 10.5 Å². The minimum absolute atomic E-state index is 0.408. The van der Waals surface area contributed by atoms with Crippen molar-refractivity contribution in [3.05, 3.63) is 70.6 Å². The summed E-state index contributed by atoms with van der Waals surface area (Å²) >= 11 is 1.39. The van der Waals surface area contributed by atoms with Gasteiger partial charge < -0.3 is 5.73 Å². The van der Waals surface area contributed by atoms with Crippen LogP contribution in [-0.4, -0.2) is 5.91 Å². The molecule has 2 aromatic rings. The van der Waals surface area contributed by atoms with E-state index in [2.05, 4.69) is 0 Å². The molecule has 96 valence electrons. The highest BCUT2D eigenvalue weighted by Gasteiger charge is 2.07. The largest absolute Gasteiger partial charge is 0.365 e. The number of primary amides is 1. The molecule has 1 amide bonds. The monoisotopic (exact) mass is 269 g/mol. The highest BCUT2D eigenvalue weighted by Crippen LogP contribution is 2.28. The maximum atomic E-state index is 11.5. The molecule has 0 atom stereocenters. The molecule has 0 fully saturated rings. The van der Waals surface area contributed by atoms with E-state index in [4.69, 9.17) is 5.73 Å².